The third-order valence-electron chi connectivity index (χ3n) is 0.466. The van der Waals surface area contributed by atoms with Crippen LogP contribution in [0.2, 0.25) is 0 Å². The van der Waals surface area contributed by atoms with Gasteiger partial charge in [-0.15, -0.1) is 0 Å². The van der Waals surface area contributed by atoms with Crippen molar-refractivity contribution in [1.29, 1.82) is 5.26 Å². The second kappa shape index (κ2) is 11.0. The summed E-state index contributed by atoms with van der Waals surface area (Å²) in [6.07, 6.45) is 4.98. The summed E-state index contributed by atoms with van der Waals surface area (Å²) in [7, 11) is 0. The zero-order valence-corrected chi connectivity index (χ0v) is 6.03. The number of allylic oxidation sites excluding steroid dienone is 3. The number of carboxylic acids is 1. The molecule has 1 N–H and O–H groups in total. The average Bonchev–Trinajstić information content (AvgIpc) is 2.01. The number of hydrogen-bond acceptors (Lipinski definition) is 2. The molecule has 0 saturated heterocycles. The van der Waals surface area contributed by atoms with Crippen LogP contribution in [0.1, 0.15) is 0 Å². The van der Waals surface area contributed by atoms with Gasteiger partial charge in [-0.05, 0) is 0 Å². The van der Waals surface area contributed by atoms with Crippen molar-refractivity contribution in [3.63, 3.8) is 0 Å². The van der Waals surface area contributed by atoms with Gasteiger partial charge in [-0.1, -0.05) is 25.3 Å². The monoisotopic (exact) mass is 151 g/mol. The summed E-state index contributed by atoms with van der Waals surface area (Å²) in [6, 6.07) is 1.69. The molecule has 0 unspecified atom stereocenters. The molecule has 0 aliphatic heterocycles. The second-order valence-electron chi connectivity index (χ2n) is 1.27. The minimum absolute atomic E-state index is 0.945. The maximum absolute atomic E-state index is 9.62. The molecule has 0 amide bonds. The Morgan fingerprint density at radius 3 is 2.09 bits per heavy atom. The lowest BCUT2D eigenvalue weighted by Crippen LogP contribution is -1.83. The zero-order valence-electron chi connectivity index (χ0n) is 6.03. The number of rotatable bonds is 2. The Morgan fingerprint density at radius 2 is 2.00 bits per heavy atom. The fourth-order valence-electron chi connectivity index (χ4n) is 0.150. The van der Waals surface area contributed by atoms with Crippen molar-refractivity contribution >= 4 is 5.97 Å². The van der Waals surface area contributed by atoms with Crippen LogP contribution in [0.15, 0.2) is 37.5 Å². The van der Waals surface area contributed by atoms with E-state index in [-0.39, 0.29) is 0 Å². The molecule has 0 radical (unpaired) electrons. The molecule has 3 heteroatoms. The van der Waals surface area contributed by atoms with Gasteiger partial charge in [-0.2, -0.15) is 5.26 Å². The lowest BCUT2D eigenvalue weighted by Gasteiger charge is -1.70. The van der Waals surface area contributed by atoms with Gasteiger partial charge >= 0.3 is 5.97 Å². The van der Waals surface area contributed by atoms with E-state index in [0.717, 1.165) is 6.08 Å². The van der Waals surface area contributed by atoms with E-state index in [4.69, 9.17) is 10.4 Å². The summed E-state index contributed by atoms with van der Waals surface area (Å²) in [5, 5.41) is 15.4. The molecule has 58 valence electrons. The molecule has 0 aromatic rings. The first-order valence-electron chi connectivity index (χ1n) is 2.71. The maximum atomic E-state index is 9.62. The summed E-state index contributed by atoms with van der Waals surface area (Å²) in [5.74, 6) is -0.945. The molecule has 0 aromatic carbocycles. The van der Waals surface area contributed by atoms with Gasteiger partial charge in [0.1, 0.15) is 0 Å². The second-order valence-corrected chi connectivity index (χ2v) is 1.27. The molecule has 0 aromatic heterocycles. The lowest BCUT2D eigenvalue weighted by atomic mass is 10.5. The van der Waals surface area contributed by atoms with Crippen molar-refractivity contribution < 1.29 is 9.90 Å². The van der Waals surface area contributed by atoms with E-state index < -0.39 is 5.97 Å². The highest BCUT2D eigenvalue weighted by molar-refractivity contribution is 5.79. The first kappa shape index (κ1) is 11.9. The Balaban J connectivity index is 0. The number of hydrogen-bond donors (Lipinski definition) is 1. The van der Waals surface area contributed by atoms with Gasteiger partial charge in [-0.3, -0.25) is 0 Å². The number of carbonyl (C=O) groups is 1. The molecule has 0 rings (SSSR count). The summed E-state index contributed by atoms with van der Waals surface area (Å²) in [4.78, 5) is 9.62. The number of nitrogens with zero attached hydrogens (tertiary/aromatic N) is 1. The molecule has 3 nitrogen and oxygen atoms in total. The van der Waals surface area contributed by atoms with Gasteiger partial charge in [0.15, 0.2) is 0 Å². The predicted molar refractivity (Wildman–Crippen MR) is 42.8 cm³/mol. The normalized spacial score (nSPS) is 7.18. The Hall–Kier alpha value is -1.82. The van der Waals surface area contributed by atoms with E-state index in [1.165, 1.54) is 18.2 Å². The highest BCUT2D eigenvalue weighted by atomic mass is 16.4. The van der Waals surface area contributed by atoms with E-state index in [1.54, 1.807) is 6.07 Å². The van der Waals surface area contributed by atoms with E-state index in [2.05, 4.69) is 13.2 Å². The molecule has 0 atom stereocenters. The zero-order chi connectivity index (χ0) is 9.11. The van der Waals surface area contributed by atoms with Crippen molar-refractivity contribution in [2.75, 3.05) is 0 Å². The molecule has 0 aliphatic carbocycles. The lowest BCUT2D eigenvalue weighted by molar-refractivity contribution is -0.131. The number of nitriles is 1. The van der Waals surface area contributed by atoms with Crippen LogP contribution in [0.3, 0.4) is 0 Å². The van der Waals surface area contributed by atoms with Gasteiger partial charge in [0.2, 0.25) is 0 Å². The van der Waals surface area contributed by atoms with Crippen molar-refractivity contribution in [3.8, 4) is 6.07 Å². The van der Waals surface area contributed by atoms with Crippen LogP contribution in [0.25, 0.3) is 0 Å². The summed E-state index contributed by atoms with van der Waals surface area (Å²) in [6.45, 7) is 6.40. The summed E-state index contributed by atoms with van der Waals surface area (Å²) in [5.41, 5.74) is 0. The van der Waals surface area contributed by atoms with Crippen LogP contribution in [0.4, 0.5) is 0 Å². The summed E-state index contributed by atoms with van der Waals surface area (Å²) < 4.78 is 0. The van der Waals surface area contributed by atoms with Crippen molar-refractivity contribution in [2.24, 2.45) is 0 Å². The summed E-state index contributed by atoms with van der Waals surface area (Å²) >= 11 is 0. The van der Waals surface area contributed by atoms with E-state index in [0.29, 0.717) is 0 Å². The number of carboxylic acid groups (broad SMARTS) is 1. The molecule has 0 saturated carbocycles. The molecular formula is C8H9NO2. The van der Waals surface area contributed by atoms with Crippen molar-refractivity contribution in [2.45, 2.75) is 0 Å². The molecule has 0 bridgehead atoms. The van der Waals surface area contributed by atoms with E-state index >= 15 is 0 Å². The van der Waals surface area contributed by atoms with Gasteiger partial charge in [0.05, 0.1) is 6.07 Å². The third kappa shape index (κ3) is 30.9. The van der Waals surface area contributed by atoms with Gasteiger partial charge in [-0.25, -0.2) is 4.79 Å². The Morgan fingerprint density at radius 1 is 1.55 bits per heavy atom. The van der Waals surface area contributed by atoms with Crippen LogP contribution in [0.5, 0.6) is 0 Å². The van der Waals surface area contributed by atoms with Gasteiger partial charge < -0.3 is 5.11 Å². The SMILES string of the molecule is C=CC#N.C=CC=CC(=O)O. The first-order valence-corrected chi connectivity index (χ1v) is 2.71. The Kier molecular flexibility index (Phi) is 12.0. The van der Waals surface area contributed by atoms with E-state index in [9.17, 15) is 4.79 Å². The molecule has 0 heterocycles. The van der Waals surface area contributed by atoms with Crippen LogP contribution >= 0.6 is 0 Å². The fraction of sp³-hybridized carbons (Fsp3) is 0. The Bertz CT molecular complexity index is 199. The molecule has 0 spiro atoms. The van der Waals surface area contributed by atoms with Crippen LogP contribution in [-0.2, 0) is 4.79 Å². The minimum Gasteiger partial charge on any atom is -0.478 e. The fourth-order valence-corrected chi connectivity index (χ4v) is 0.150. The van der Waals surface area contributed by atoms with Crippen LogP contribution < -0.4 is 0 Å². The van der Waals surface area contributed by atoms with Gasteiger partial charge in [0, 0.05) is 12.2 Å². The Labute approximate surface area is 65.6 Å². The number of aliphatic carboxylic acids is 1. The van der Waals surface area contributed by atoms with Crippen LogP contribution in [0, 0.1) is 11.3 Å². The minimum atomic E-state index is -0.945. The molecule has 0 aliphatic rings. The van der Waals surface area contributed by atoms with Crippen LogP contribution in [-0.4, -0.2) is 11.1 Å². The van der Waals surface area contributed by atoms with E-state index in [1.807, 2.05) is 0 Å². The topological polar surface area (TPSA) is 61.1 Å². The largest absolute Gasteiger partial charge is 0.478 e. The standard InChI is InChI=1S/C5H6O2.C3H3N/c1-2-3-4-5(6)7;1-2-3-4/h2-4H,1H2,(H,6,7);2H,1H2. The highest BCUT2D eigenvalue weighted by Crippen LogP contribution is 1.70. The first-order chi connectivity index (χ1) is 5.18. The molecule has 11 heavy (non-hydrogen) atoms. The average molecular weight is 151 g/mol. The smallest absolute Gasteiger partial charge is 0.328 e. The third-order valence-corrected chi connectivity index (χ3v) is 0.466. The molecular weight excluding hydrogens is 142 g/mol. The predicted octanol–water partition coefficient (Wildman–Crippen LogP) is 1.51. The van der Waals surface area contributed by atoms with Crippen molar-refractivity contribution in [3.05, 3.63) is 37.5 Å². The highest BCUT2D eigenvalue weighted by Gasteiger charge is 1.77. The maximum Gasteiger partial charge on any atom is 0.328 e. The quantitative estimate of drug-likeness (QED) is 0.369. The molecule has 0 fully saturated rings. The van der Waals surface area contributed by atoms with Gasteiger partial charge in [0.25, 0.3) is 0 Å². The van der Waals surface area contributed by atoms with Crippen molar-refractivity contribution in [1.82, 2.24) is 0 Å².